The molecule has 0 aliphatic rings. The molecule has 0 aliphatic carbocycles. The van der Waals surface area contributed by atoms with Gasteiger partial charge in [0.25, 0.3) is 0 Å². The average Bonchev–Trinajstić information content (AvgIpc) is 3.33. The van der Waals surface area contributed by atoms with Crippen LogP contribution in [0.4, 0.5) is 8.78 Å². The molecule has 3 rings (SSSR count). The van der Waals surface area contributed by atoms with Crippen molar-refractivity contribution in [3.8, 4) is 0 Å². The molecule has 0 saturated carbocycles. The average molecular weight is 375 g/mol. The van der Waals surface area contributed by atoms with Crippen LogP contribution in [-0.4, -0.2) is 12.5 Å². The highest BCUT2D eigenvalue weighted by Crippen LogP contribution is 2.11. The van der Waals surface area contributed by atoms with Crippen molar-refractivity contribution < 1.29 is 13.2 Å². The highest BCUT2D eigenvalue weighted by molar-refractivity contribution is 7.09. The minimum atomic E-state index is -0.476. The molecule has 4 nitrogen and oxygen atoms in total. The lowest BCUT2D eigenvalue weighted by atomic mass is 10.2. The minimum absolute atomic E-state index is 0.0458. The Morgan fingerprint density at radius 3 is 2.81 bits per heavy atom. The van der Waals surface area contributed by atoms with Gasteiger partial charge in [0.05, 0.1) is 19.4 Å². The van der Waals surface area contributed by atoms with E-state index in [1.165, 1.54) is 6.07 Å². The lowest BCUT2D eigenvalue weighted by Gasteiger charge is -2.12. The van der Waals surface area contributed by atoms with Gasteiger partial charge in [-0.15, -0.1) is 11.3 Å². The maximum absolute atomic E-state index is 13.8. The number of nitrogens with zero attached hydrogens (tertiary/aromatic N) is 1. The van der Waals surface area contributed by atoms with Crippen LogP contribution in [0.15, 0.2) is 63.5 Å². The highest BCUT2D eigenvalue weighted by Gasteiger charge is 2.05. The zero-order valence-corrected chi connectivity index (χ0v) is 14.9. The fourth-order valence-electron chi connectivity index (χ4n) is 2.35. The van der Waals surface area contributed by atoms with Gasteiger partial charge < -0.3 is 15.1 Å². The van der Waals surface area contributed by atoms with Crippen LogP contribution in [0.2, 0.25) is 0 Å². The van der Waals surface area contributed by atoms with Gasteiger partial charge in [-0.25, -0.2) is 13.8 Å². The van der Waals surface area contributed by atoms with Crippen LogP contribution in [0.5, 0.6) is 0 Å². The van der Waals surface area contributed by atoms with Crippen LogP contribution in [0.3, 0.4) is 0 Å². The lowest BCUT2D eigenvalue weighted by molar-refractivity contribution is 0.506. The number of rotatable bonds is 7. The summed E-state index contributed by atoms with van der Waals surface area (Å²) in [5, 5.41) is 8.40. The summed E-state index contributed by atoms with van der Waals surface area (Å²) in [5.41, 5.74) is 0.216. The van der Waals surface area contributed by atoms with Gasteiger partial charge in [0.2, 0.25) is 0 Å². The van der Waals surface area contributed by atoms with Gasteiger partial charge in [-0.1, -0.05) is 6.07 Å². The number of furan rings is 1. The number of nitrogens with one attached hydrogen (secondary N) is 2. The Bertz CT molecular complexity index is 833. The largest absolute Gasteiger partial charge is 0.469 e. The Balaban J connectivity index is 1.62. The monoisotopic (exact) mass is 375 g/mol. The molecule has 0 radical (unpaired) electrons. The summed E-state index contributed by atoms with van der Waals surface area (Å²) in [6.45, 7) is 1.26. The van der Waals surface area contributed by atoms with Crippen LogP contribution in [0.1, 0.15) is 16.2 Å². The van der Waals surface area contributed by atoms with Crippen molar-refractivity contribution in [3.63, 3.8) is 0 Å². The fraction of sp³-hybridized carbons (Fsp3) is 0.211. The SMILES string of the molecule is Fc1ccc(F)c(CN=C(NCCc2ccco2)NCc2cccs2)c1. The van der Waals surface area contributed by atoms with E-state index >= 15 is 0 Å². The van der Waals surface area contributed by atoms with E-state index in [2.05, 4.69) is 15.6 Å². The van der Waals surface area contributed by atoms with Gasteiger partial charge in [0.1, 0.15) is 17.4 Å². The zero-order chi connectivity index (χ0) is 18.2. The molecule has 7 heteroatoms. The van der Waals surface area contributed by atoms with Gasteiger partial charge in [0, 0.05) is 23.4 Å². The molecule has 26 heavy (non-hydrogen) atoms. The molecular weight excluding hydrogens is 356 g/mol. The fourth-order valence-corrected chi connectivity index (χ4v) is 2.99. The van der Waals surface area contributed by atoms with Crippen molar-refractivity contribution in [2.45, 2.75) is 19.5 Å². The molecule has 0 unspecified atom stereocenters. The van der Waals surface area contributed by atoms with Crippen LogP contribution >= 0.6 is 11.3 Å². The van der Waals surface area contributed by atoms with E-state index in [0.717, 1.165) is 22.8 Å². The van der Waals surface area contributed by atoms with E-state index in [0.29, 0.717) is 25.5 Å². The summed E-state index contributed by atoms with van der Waals surface area (Å²) in [6, 6.07) is 11.1. The maximum Gasteiger partial charge on any atom is 0.191 e. The standard InChI is InChI=1S/C19H19F2N3OS/c20-15-5-6-18(21)14(11-15)12-23-19(24-13-17-4-2-10-26-17)22-8-7-16-3-1-9-25-16/h1-6,9-11H,7-8,12-13H2,(H2,22,23,24). The van der Waals surface area contributed by atoms with Crippen LogP contribution in [-0.2, 0) is 19.5 Å². The number of guanidine groups is 1. The second-order valence-electron chi connectivity index (χ2n) is 5.59. The molecule has 2 heterocycles. The first-order valence-corrected chi connectivity index (χ1v) is 9.09. The van der Waals surface area contributed by atoms with E-state index in [-0.39, 0.29) is 12.1 Å². The summed E-state index contributed by atoms with van der Waals surface area (Å²) in [6.07, 6.45) is 2.33. The maximum atomic E-state index is 13.8. The number of hydrogen-bond donors (Lipinski definition) is 2. The second-order valence-corrected chi connectivity index (χ2v) is 6.62. The van der Waals surface area contributed by atoms with Crippen molar-refractivity contribution in [3.05, 3.63) is 81.9 Å². The summed E-state index contributed by atoms with van der Waals surface area (Å²) < 4.78 is 32.4. The van der Waals surface area contributed by atoms with Crippen LogP contribution < -0.4 is 10.6 Å². The van der Waals surface area contributed by atoms with E-state index in [1.807, 2.05) is 29.6 Å². The molecule has 0 atom stereocenters. The van der Waals surface area contributed by atoms with Gasteiger partial charge >= 0.3 is 0 Å². The normalized spacial score (nSPS) is 11.5. The molecule has 1 aromatic carbocycles. The Morgan fingerprint density at radius 2 is 2.04 bits per heavy atom. The molecule has 0 spiro atoms. The highest BCUT2D eigenvalue weighted by atomic mass is 32.1. The van der Waals surface area contributed by atoms with Crippen molar-refractivity contribution in [2.75, 3.05) is 6.54 Å². The van der Waals surface area contributed by atoms with Crippen molar-refractivity contribution in [1.29, 1.82) is 0 Å². The summed E-state index contributed by atoms with van der Waals surface area (Å²) in [4.78, 5) is 5.53. The van der Waals surface area contributed by atoms with Crippen LogP contribution in [0, 0.1) is 11.6 Å². The molecule has 2 aromatic heterocycles. The molecule has 0 fully saturated rings. The quantitative estimate of drug-likeness (QED) is 0.483. The Morgan fingerprint density at radius 1 is 1.12 bits per heavy atom. The van der Waals surface area contributed by atoms with Crippen molar-refractivity contribution in [2.24, 2.45) is 4.99 Å². The molecule has 0 saturated heterocycles. The third-order valence-corrected chi connectivity index (χ3v) is 4.55. The van der Waals surface area contributed by atoms with Gasteiger partial charge in [-0.2, -0.15) is 0 Å². The summed E-state index contributed by atoms with van der Waals surface area (Å²) >= 11 is 1.64. The third kappa shape index (κ3) is 5.42. The van der Waals surface area contributed by atoms with Crippen LogP contribution in [0.25, 0.3) is 0 Å². The zero-order valence-electron chi connectivity index (χ0n) is 14.0. The van der Waals surface area contributed by atoms with Crippen molar-refractivity contribution in [1.82, 2.24) is 10.6 Å². The molecule has 136 valence electrons. The molecule has 0 bridgehead atoms. The van der Waals surface area contributed by atoms with E-state index in [9.17, 15) is 8.78 Å². The molecular formula is C19H19F2N3OS. The first-order valence-electron chi connectivity index (χ1n) is 8.21. The molecule has 0 amide bonds. The van der Waals surface area contributed by atoms with Gasteiger partial charge in [-0.3, -0.25) is 0 Å². The summed E-state index contributed by atoms with van der Waals surface area (Å²) in [5.74, 6) is 0.457. The first kappa shape index (κ1) is 18.1. The number of hydrogen-bond acceptors (Lipinski definition) is 3. The van der Waals surface area contributed by atoms with E-state index in [1.54, 1.807) is 17.6 Å². The Hall–Kier alpha value is -2.67. The first-order chi connectivity index (χ1) is 12.7. The second kappa shape index (κ2) is 9.15. The smallest absolute Gasteiger partial charge is 0.191 e. The number of halogens is 2. The van der Waals surface area contributed by atoms with Crippen molar-refractivity contribution >= 4 is 17.3 Å². The number of benzene rings is 1. The molecule has 2 N–H and O–H groups in total. The Labute approximate surface area is 154 Å². The summed E-state index contributed by atoms with van der Waals surface area (Å²) in [7, 11) is 0. The van der Waals surface area contributed by atoms with E-state index < -0.39 is 11.6 Å². The molecule has 3 aromatic rings. The number of aliphatic imine (C=N–C) groups is 1. The molecule has 0 aliphatic heterocycles. The minimum Gasteiger partial charge on any atom is -0.469 e. The predicted octanol–water partition coefficient (Wildman–Crippen LogP) is 4.10. The Kier molecular flexibility index (Phi) is 6.38. The third-order valence-electron chi connectivity index (χ3n) is 3.67. The predicted molar refractivity (Wildman–Crippen MR) is 99.1 cm³/mol. The lowest BCUT2D eigenvalue weighted by Crippen LogP contribution is -2.38. The van der Waals surface area contributed by atoms with E-state index in [4.69, 9.17) is 4.42 Å². The number of thiophene rings is 1. The van der Waals surface area contributed by atoms with Gasteiger partial charge in [0.15, 0.2) is 5.96 Å². The topological polar surface area (TPSA) is 49.6 Å². The van der Waals surface area contributed by atoms with Gasteiger partial charge in [-0.05, 0) is 41.8 Å².